The molecule has 1 aliphatic heterocycles. The second kappa shape index (κ2) is 6.61. The van der Waals surface area contributed by atoms with Gasteiger partial charge in [-0.3, -0.25) is 4.98 Å². The van der Waals surface area contributed by atoms with Crippen molar-refractivity contribution in [3.63, 3.8) is 0 Å². The van der Waals surface area contributed by atoms with E-state index in [1.54, 1.807) is 0 Å². The number of hydrogen-bond donors (Lipinski definition) is 1. The molecule has 0 aliphatic carbocycles. The molecule has 4 rings (SSSR count). The summed E-state index contributed by atoms with van der Waals surface area (Å²) in [5.74, 6) is 0. The third-order valence-electron chi connectivity index (χ3n) is 4.49. The third-order valence-corrected chi connectivity index (χ3v) is 5.33. The molecule has 0 bridgehead atoms. The summed E-state index contributed by atoms with van der Waals surface area (Å²) >= 11 is 9.19. The van der Waals surface area contributed by atoms with Gasteiger partial charge in [0.05, 0.1) is 11.7 Å². The molecule has 4 nitrogen and oxygen atoms in total. The van der Waals surface area contributed by atoms with Crippen molar-refractivity contribution in [2.45, 2.75) is 12.1 Å². The Morgan fingerprint density at radius 2 is 1.88 bits per heavy atom. The summed E-state index contributed by atoms with van der Waals surface area (Å²) in [5.41, 5.74) is 3.23. The Hall–Kier alpha value is -2.18. The Morgan fingerprint density at radius 1 is 1.08 bits per heavy atom. The number of rotatable bonds is 3. The van der Waals surface area contributed by atoms with Crippen molar-refractivity contribution in [2.24, 2.45) is 7.05 Å². The number of anilines is 1. The molecule has 1 saturated heterocycles. The molecular formula is C19H17BrN4S. The molecule has 1 aliphatic rings. The summed E-state index contributed by atoms with van der Waals surface area (Å²) in [6, 6.07) is 18.4. The maximum absolute atomic E-state index is 5.69. The van der Waals surface area contributed by atoms with Gasteiger partial charge in [-0.2, -0.15) is 0 Å². The van der Waals surface area contributed by atoms with Crippen molar-refractivity contribution in [1.82, 2.24) is 14.9 Å². The average molecular weight is 413 g/mol. The van der Waals surface area contributed by atoms with E-state index in [1.165, 1.54) is 5.69 Å². The number of aromatic nitrogens is 2. The van der Waals surface area contributed by atoms with Gasteiger partial charge >= 0.3 is 0 Å². The van der Waals surface area contributed by atoms with E-state index in [2.05, 4.69) is 73.2 Å². The van der Waals surface area contributed by atoms with E-state index in [-0.39, 0.29) is 12.1 Å². The molecule has 6 heteroatoms. The van der Waals surface area contributed by atoms with E-state index in [0.29, 0.717) is 5.11 Å². The van der Waals surface area contributed by atoms with E-state index in [1.807, 2.05) is 36.5 Å². The van der Waals surface area contributed by atoms with Crippen molar-refractivity contribution < 1.29 is 0 Å². The summed E-state index contributed by atoms with van der Waals surface area (Å²) < 4.78 is 3.19. The second-order valence-electron chi connectivity index (χ2n) is 6.02. The van der Waals surface area contributed by atoms with Crippen molar-refractivity contribution >= 4 is 38.9 Å². The van der Waals surface area contributed by atoms with Crippen molar-refractivity contribution in [1.29, 1.82) is 0 Å². The van der Waals surface area contributed by atoms with Crippen LogP contribution in [0.3, 0.4) is 0 Å². The summed E-state index contributed by atoms with van der Waals surface area (Å²) in [4.78, 5) is 6.74. The zero-order valence-corrected chi connectivity index (χ0v) is 16.0. The smallest absolute Gasteiger partial charge is 0.174 e. The van der Waals surface area contributed by atoms with Gasteiger partial charge in [0, 0.05) is 35.3 Å². The van der Waals surface area contributed by atoms with Gasteiger partial charge in [-0.1, -0.05) is 22.0 Å². The first-order valence-corrected chi connectivity index (χ1v) is 9.23. The van der Waals surface area contributed by atoms with E-state index < -0.39 is 0 Å². The molecule has 0 radical (unpaired) electrons. The molecule has 0 spiro atoms. The van der Waals surface area contributed by atoms with Gasteiger partial charge in [0.15, 0.2) is 5.11 Å². The largest absolute Gasteiger partial charge is 0.353 e. The van der Waals surface area contributed by atoms with Crippen LogP contribution in [0.15, 0.2) is 71.5 Å². The van der Waals surface area contributed by atoms with Crippen LogP contribution in [0.4, 0.5) is 5.69 Å². The van der Waals surface area contributed by atoms with Gasteiger partial charge in [0.1, 0.15) is 6.04 Å². The fraction of sp³-hybridized carbons (Fsp3) is 0.158. The molecule has 0 saturated carbocycles. The van der Waals surface area contributed by atoms with Gasteiger partial charge in [0.2, 0.25) is 0 Å². The van der Waals surface area contributed by atoms with E-state index in [9.17, 15) is 0 Å². The zero-order chi connectivity index (χ0) is 17.4. The predicted molar refractivity (Wildman–Crippen MR) is 107 cm³/mol. The van der Waals surface area contributed by atoms with E-state index in [0.717, 1.165) is 15.9 Å². The van der Waals surface area contributed by atoms with E-state index in [4.69, 9.17) is 12.2 Å². The van der Waals surface area contributed by atoms with E-state index >= 15 is 0 Å². The number of nitrogens with one attached hydrogen (secondary N) is 1. The van der Waals surface area contributed by atoms with Crippen molar-refractivity contribution in [3.05, 3.63) is 82.9 Å². The van der Waals surface area contributed by atoms with Crippen LogP contribution in [0, 0.1) is 0 Å². The molecule has 0 unspecified atom stereocenters. The van der Waals surface area contributed by atoms with Crippen LogP contribution < -0.4 is 10.2 Å². The Morgan fingerprint density at radius 3 is 2.52 bits per heavy atom. The van der Waals surface area contributed by atoms with Crippen LogP contribution in [0.1, 0.15) is 23.5 Å². The minimum atomic E-state index is -0.00838. The van der Waals surface area contributed by atoms with Crippen LogP contribution >= 0.6 is 28.1 Å². The summed E-state index contributed by atoms with van der Waals surface area (Å²) in [6.07, 6.45) is 3.89. The normalized spacial score (nSPS) is 19.9. The summed E-state index contributed by atoms with van der Waals surface area (Å²) in [5, 5.41) is 4.18. The Kier molecular flexibility index (Phi) is 4.31. The molecule has 25 heavy (non-hydrogen) atoms. The topological polar surface area (TPSA) is 33.1 Å². The molecule has 3 aromatic rings. The number of hydrogen-bond acceptors (Lipinski definition) is 2. The van der Waals surface area contributed by atoms with Crippen LogP contribution in [-0.2, 0) is 7.05 Å². The van der Waals surface area contributed by atoms with Gasteiger partial charge in [0.25, 0.3) is 0 Å². The molecule has 2 atom stereocenters. The lowest BCUT2D eigenvalue weighted by Gasteiger charge is -2.28. The van der Waals surface area contributed by atoms with Crippen molar-refractivity contribution in [2.75, 3.05) is 4.90 Å². The van der Waals surface area contributed by atoms with Crippen LogP contribution in [0.2, 0.25) is 0 Å². The quantitative estimate of drug-likeness (QED) is 0.647. The maximum Gasteiger partial charge on any atom is 0.174 e. The highest BCUT2D eigenvalue weighted by Crippen LogP contribution is 2.41. The first-order valence-electron chi connectivity index (χ1n) is 8.02. The number of benzene rings is 1. The highest BCUT2D eigenvalue weighted by atomic mass is 79.9. The third kappa shape index (κ3) is 2.96. The fourth-order valence-corrected chi connectivity index (χ4v) is 3.93. The summed E-state index contributed by atoms with van der Waals surface area (Å²) in [6.45, 7) is 0. The maximum atomic E-state index is 5.69. The standard InChI is InChI=1S/C19H17BrN4S/c1-23-12-4-6-16(23)18-17(15-5-2-3-11-21-15)22-19(25)24(18)14-9-7-13(20)8-10-14/h2-12,17-18H,1H3,(H,22,25)/t17-,18+/m1/s1. The van der Waals surface area contributed by atoms with Crippen LogP contribution in [0.5, 0.6) is 0 Å². The average Bonchev–Trinajstić information content (AvgIpc) is 3.19. The number of nitrogens with zero attached hydrogens (tertiary/aromatic N) is 3. The summed E-state index contributed by atoms with van der Waals surface area (Å²) in [7, 11) is 2.06. The number of halogens is 1. The molecule has 126 valence electrons. The number of pyridine rings is 1. The molecule has 0 amide bonds. The second-order valence-corrected chi connectivity index (χ2v) is 7.32. The van der Waals surface area contributed by atoms with Gasteiger partial charge in [-0.05, 0) is 60.7 Å². The Labute approximate surface area is 160 Å². The predicted octanol–water partition coefficient (Wildman–Crippen LogP) is 4.36. The first kappa shape index (κ1) is 16.3. The number of thiocarbonyl (C=S) groups is 1. The fourth-order valence-electron chi connectivity index (χ4n) is 3.32. The lowest BCUT2D eigenvalue weighted by molar-refractivity contribution is 0.541. The SMILES string of the molecule is Cn1cccc1[C@H]1[C@@H](c2ccccn2)NC(=S)N1c1ccc(Br)cc1. The van der Waals surface area contributed by atoms with Gasteiger partial charge < -0.3 is 14.8 Å². The molecule has 2 aromatic heterocycles. The van der Waals surface area contributed by atoms with Crippen molar-refractivity contribution in [3.8, 4) is 0 Å². The molecule has 1 N–H and O–H groups in total. The number of aryl methyl sites for hydroxylation is 1. The minimum absolute atomic E-state index is 0.00838. The molecule has 1 fully saturated rings. The monoisotopic (exact) mass is 412 g/mol. The van der Waals surface area contributed by atoms with Crippen LogP contribution in [0.25, 0.3) is 0 Å². The molecule has 3 heterocycles. The van der Waals surface area contributed by atoms with Crippen LogP contribution in [-0.4, -0.2) is 14.7 Å². The first-order chi connectivity index (χ1) is 12.1. The lowest BCUT2D eigenvalue weighted by Crippen LogP contribution is -2.30. The molecular weight excluding hydrogens is 396 g/mol. The highest BCUT2D eigenvalue weighted by molar-refractivity contribution is 9.10. The van der Waals surface area contributed by atoms with Gasteiger partial charge in [-0.25, -0.2) is 0 Å². The Balaban J connectivity index is 1.83. The highest BCUT2D eigenvalue weighted by Gasteiger charge is 2.41. The zero-order valence-electron chi connectivity index (χ0n) is 13.6. The Bertz CT molecular complexity index is 891. The lowest BCUT2D eigenvalue weighted by atomic mass is 10.0. The minimum Gasteiger partial charge on any atom is -0.353 e. The van der Waals surface area contributed by atoms with Gasteiger partial charge in [-0.15, -0.1) is 0 Å². The molecule has 1 aromatic carbocycles.